The number of likely N-dealkylation sites (tertiary alicyclic amines) is 1. The molecule has 0 aliphatic carbocycles. The van der Waals surface area contributed by atoms with Gasteiger partial charge in [-0.3, -0.25) is 14.7 Å². The molecule has 0 radical (unpaired) electrons. The highest BCUT2D eigenvalue weighted by molar-refractivity contribution is 5.80. The second-order valence-electron chi connectivity index (χ2n) is 7.61. The summed E-state index contributed by atoms with van der Waals surface area (Å²) in [6.07, 6.45) is 3.00. The summed E-state index contributed by atoms with van der Waals surface area (Å²) >= 11 is 0. The van der Waals surface area contributed by atoms with Gasteiger partial charge >= 0.3 is 0 Å². The van der Waals surface area contributed by atoms with Gasteiger partial charge in [-0.15, -0.1) is 0 Å². The first-order valence-electron chi connectivity index (χ1n) is 10.9. The first kappa shape index (κ1) is 23.2. The van der Waals surface area contributed by atoms with Gasteiger partial charge in [0.05, 0.1) is 19.2 Å². The third-order valence-electron chi connectivity index (χ3n) is 4.99. The van der Waals surface area contributed by atoms with Gasteiger partial charge in [-0.1, -0.05) is 37.3 Å². The average molecular weight is 404 g/mol. The van der Waals surface area contributed by atoms with Crippen molar-refractivity contribution in [3.05, 3.63) is 35.9 Å². The normalized spacial score (nSPS) is 17.0. The van der Waals surface area contributed by atoms with Crippen LogP contribution < -0.4 is 16.0 Å². The number of rotatable bonds is 10. The predicted octanol–water partition coefficient (Wildman–Crippen LogP) is 1.14. The molecule has 1 fully saturated rings. The van der Waals surface area contributed by atoms with Crippen molar-refractivity contribution in [2.45, 2.75) is 51.7 Å². The van der Waals surface area contributed by atoms with E-state index in [1.807, 2.05) is 37.3 Å². The van der Waals surface area contributed by atoms with Gasteiger partial charge in [-0.2, -0.15) is 0 Å². The van der Waals surface area contributed by atoms with Crippen LogP contribution in [0.25, 0.3) is 0 Å². The highest BCUT2D eigenvalue weighted by Crippen LogP contribution is 2.10. The molecule has 7 nitrogen and oxygen atoms in total. The quantitative estimate of drug-likeness (QED) is 0.348. The second kappa shape index (κ2) is 13.2. The summed E-state index contributed by atoms with van der Waals surface area (Å²) in [4.78, 5) is 18.7. The Morgan fingerprint density at radius 2 is 1.93 bits per heavy atom. The van der Waals surface area contributed by atoms with Gasteiger partial charge in [0.15, 0.2) is 5.96 Å². The van der Waals surface area contributed by atoms with E-state index in [0.717, 1.165) is 57.0 Å². The number of hydrogen-bond donors (Lipinski definition) is 4. The van der Waals surface area contributed by atoms with Crippen molar-refractivity contribution in [1.29, 1.82) is 0 Å². The fourth-order valence-corrected chi connectivity index (χ4v) is 3.42. The number of aliphatic hydroxyl groups excluding tert-OH is 1. The summed E-state index contributed by atoms with van der Waals surface area (Å²) in [5, 5.41) is 20.0. The average Bonchev–Trinajstić information content (AvgIpc) is 2.73. The third kappa shape index (κ3) is 9.28. The molecule has 0 saturated carbocycles. The molecule has 1 amide bonds. The van der Waals surface area contributed by atoms with Crippen LogP contribution in [0.4, 0.5) is 0 Å². The standard InChI is InChI=1S/C22H37N5O2/c1-3-12-24-21(29)17-27-13-10-19(11-14-27)26-22(23-4-2)25-16-20(28)15-18-8-6-5-7-9-18/h5-9,19-20,28H,3-4,10-17H2,1-2H3,(H,24,29)(H2,23,25,26). The molecule has 7 heteroatoms. The summed E-state index contributed by atoms with van der Waals surface area (Å²) in [5.41, 5.74) is 1.11. The Morgan fingerprint density at radius 1 is 1.21 bits per heavy atom. The highest BCUT2D eigenvalue weighted by Gasteiger charge is 2.21. The van der Waals surface area contributed by atoms with Crippen LogP contribution in [0, 0.1) is 0 Å². The molecule has 1 aliphatic heterocycles. The topological polar surface area (TPSA) is 89.0 Å². The molecule has 1 aromatic rings. The van der Waals surface area contributed by atoms with Gasteiger partial charge in [0.1, 0.15) is 0 Å². The Bertz CT molecular complexity index is 615. The van der Waals surface area contributed by atoms with Crippen molar-refractivity contribution >= 4 is 11.9 Å². The van der Waals surface area contributed by atoms with Gasteiger partial charge in [0, 0.05) is 38.6 Å². The molecule has 29 heavy (non-hydrogen) atoms. The van der Waals surface area contributed by atoms with Crippen LogP contribution in [0.1, 0.15) is 38.7 Å². The number of hydrogen-bond acceptors (Lipinski definition) is 4. The minimum absolute atomic E-state index is 0.112. The number of aliphatic hydroxyl groups is 1. The summed E-state index contributed by atoms with van der Waals surface area (Å²) in [7, 11) is 0. The number of piperidine rings is 1. The minimum atomic E-state index is -0.503. The summed E-state index contributed by atoms with van der Waals surface area (Å²) in [6.45, 7) is 8.25. The van der Waals surface area contributed by atoms with E-state index in [0.29, 0.717) is 25.6 Å². The second-order valence-corrected chi connectivity index (χ2v) is 7.61. The molecular weight excluding hydrogens is 366 g/mol. The number of nitrogens with one attached hydrogen (secondary N) is 3. The molecule has 1 saturated heterocycles. The molecule has 0 bridgehead atoms. The number of carbonyl (C=O) groups excluding carboxylic acids is 1. The smallest absolute Gasteiger partial charge is 0.234 e. The van der Waals surface area contributed by atoms with Crippen molar-refractivity contribution < 1.29 is 9.90 Å². The van der Waals surface area contributed by atoms with Crippen LogP contribution in [0.5, 0.6) is 0 Å². The van der Waals surface area contributed by atoms with Crippen LogP contribution in [0.3, 0.4) is 0 Å². The Kier molecular flexibility index (Phi) is 10.5. The lowest BCUT2D eigenvalue weighted by molar-refractivity contribution is -0.122. The third-order valence-corrected chi connectivity index (χ3v) is 4.99. The van der Waals surface area contributed by atoms with E-state index < -0.39 is 6.10 Å². The predicted molar refractivity (Wildman–Crippen MR) is 118 cm³/mol. The highest BCUT2D eigenvalue weighted by atomic mass is 16.3. The number of guanidine groups is 1. The lowest BCUT2D eigenvalue weighted by Gasteiger charge is -2.32. The van der Waals surface area contributed by atoms with Crippen molar-refractivity contribution in [3.8, 4) is 0 Å². The number of nitrogens with zero attached hydrogens (tertiary/aromatic N) is 2. The van der Waals surface area contributed by atoms with Crippen LogP contribution in [-0.2, 0) is 11.2 Å². The zero-order valence-electron chi connectivity index (χ0n) is 17.9. The summed E-state index contributed by atoms with van der Waals surface area (Å²) in [6, 6.07) is 10.3. The van der Waals surface area contributed by atoms with E-state index in [1.54, 1.807) is 0 Å². The van der Waals surface area contributed by atoms with E-state index >= 15 is 0 Å². The molecular formula is C22H37N5O2. The van der Waals surface area contributed by atoms with Crippen LogP contribution in [0.15, 0.2) is 35.3 Å². The van der Waals surface area contributed by atoms with Gasteiger partial charge in [-0.25, -0.2) is 0 Å². The van der Waals surface area contributed by atoms with Crippen molar-refractivity contribution in [2.24, 2.45) is 4.99 Å². The first-order chi connectivity index (χ1) is 14.1. The van der Waals surface area contributed by atoms with Gasteiger partial charge in [0.25, 0.3) is 0 Å². The van der Waals surface area contributed by atoms with Crippen LogP contribution >= 0.6 is 0 Å². The Labute approximate surface area is 175 Å². The fourth-order valence-electron chi connectivity index (χ4n) is 3.42. The molecule has 1 atom stereocenters. The van der Waals surface area contributed by atoms with Crippen molar-refractivity contribution in [3.63, 3.8) is 0 Å². The molecule has 1 unspecified atom stereocenters. The Balaban J connectivity index is 1.75. The minimum Gasteiger partial charge on any atom is -0.391 e. The first-order valence-corrected chi connectivity index (χ1v) is 10.9. The van der Waals surface area contributed by atoms with Crippen molar-refractivity contribution in [2.75, 3.05) is 39.3 Å². The number of benzene rings is 1. The molecule has 0 aromatic heterocycles. The largest absolute Gasteiger partial charge is 0.391 e. The zero-order chi connectivity index (χ0) is 20.9. The van der Waals surface area contributed by atoms with E-state index in [-0.39, 0.29) is 5.91 Å². The lowest BCUT2D eigenvalue weighted by Crippen LogP contribution is -2.50. The van der Waals surface area contributed by atoms with Gasteiger partial charge in [-0.05, 0) is 31.7 Å². The van der Waals surface area contributed by atoms with Gasteiger partial charge in [0.2, 0.25) is 5.91 Å². The number of amides is 1. The van der Waals surface area contributed by atoms with Gasteiger partial charge < -0.3 is 21.1 Å². The zero-order valence-corrected chi connectivity index (χ0v) is 17.9. The fraction of sp³-hybridized carbons (Fsp3) is 0.636. The summed E-state index contributed by atoms with van der Waals surface area (Å²) in [5.74, 6) is 0.860. The summed E-state index contributed by atoms with van der Waals surface area (Å²) < 4.78 is 0. The molecule has 1 heterocycles. The lowest BCUT2D eigenvalue weighted by atomic mass is 10.1. The monoisotopic (exact) mass is 403 g/mol. The molecule has 0 spiro atoms. The number of carbonyl (C=O) groups is 1. The van der Waals surface area contributed by atoms with E-state index in [2.05, 4.69) is 32.8 Å². The molecule has 162 valence electrons. The molecule has 2 rings (SSSR count). The van der Waals surface area contributed by atoms with E-state index in [4.69, 9.17) is 0 Å². The maximum absolute atomic E-state index is 11.9. The van der Waals surface area contributed by atoms with E-state index in [1.165, 1.54) is 0 Å². The molecule has 1 aliphatic rings. The van der Waals surface area contributed by atoms with Crippen LogP contribution in [0.2, 0.25) is 0 Å². The Morgan fingerprint density at radius 3 is 2.59 bits per heavy atom. The maximum Gasteiger partial charge on any atom is 0.234 e. The Hall–Kier alpha value is -2.12. The molecule has 1 aromatic carbocycles. The number of aliphatic imine (C=N–C) groups is 1. The maximum atomic E-state index is 11.9. The van der Waals surface area contributed by atoms with Crippen LogP contribution in [-0.4, -0.2) is 73.3 Å². The van der Waals surface area contributed by atoms with E-state index in [9.17, 15) is 9.90 Å². The van der Waals surface area contributed by atoms with Crippen molar-refractivity contribution in [1.82, 2.24) is 20.9 Å². The SMILES string of the molecule is CCCNC(=O)CN1CCC(NC(=NCC(O)Cc2ccccc2)NCC)CC1. The molecule has 4 N–H and O–H groups in total.